The van der Waals surface area contributed by atoms with Crippen LogP contribution < -0.4 is 10.5 Å². The van der Waals surface area contributed by atoms with Gasteiger partial charge in [0.1, 0.15) is 17.6 Å². The number of anilines is 1. The molecule has 1 aromatic carbocycles. The van der Waals surface area contributed by atoms with E-state index in [1.54, 1.807) is 48.2 Å². The summed E-state index contributed by atoms with van der Waals surface area (Å²) in [5.41, 5.74) is 0.668. The van der Waals surface area contributed by atoms with E-state index in [1.165, 1.54) is 23.1 Å². The Labute approximate surface area is 167 Å². The molecule has 0 N–H and O–H groups in total. The molecular formula is C21H21FN4O3. The van der Waals surface area contributed by atoms with Crippen LogP contribution in [0.25, 0.3) is 11.5 Å². The Balaban J connectivity index is 1.47. The summed E-state index contributed by atoms with van der Waals surface area (Å²) in [7, 11) is 0. The zero-order valence-electron chi connectivity index (χ0n) is 16.0. The molecule has 8 heteroatoms. The summed E-state index contributed by atoms with van der Waals surface area (Å²) in [5, 5.41) is 4.31. The van der Waals surface area contributed by atoms with Crippen molar-refractivity contribution >= 4 is 11.6 Å². The number of carbonyl (C=O) groups excluding carboxylic acids is 1. The van der Waals surface area contributed by atoms with Crippen LogP contribution in [-0.2, 0) is 4.79 Å². The minimum Gasteiger partial charge on any atom is -0.463 e. The molecular weight excluding hydrogens is 375 g/mol. The lowest BCUT2D eigenvalue weighted by Crippen LogP contribution is -2.51. The van der Waals surface area contributed by atoms with Gasteiger partial charge in [0, 0.05) is 32.2 Å². The van der Waals surface area contributed by atoms with Crippen LogP contribution in [0.2, 0.25) is 0 Å². The monoisotopic (exact) mass is 396 g/mol. The molecule has 0 spiro atoms. The van der Waals surface area contributed by atoms with Gasteiger partial charge in [0.05, 0.1) is 12.0 Å². The molecule has 1 fully saturated rings. The van der Waals surface area contributed by atoms with E-state index in [4.69, 9.17) is 4.42 Å². The number of amides is 1. The highest BCUT2D eigenvalue weighted by molar-refractivity contribution is 5.80. The number of benzene rings is 1. The van der Waals surface area contributed by atoms with Gasteiger partial charge in [0.15, 0.2) is 5.76 Å². The van der Waals surface area contributed by atoms with E-state index >= 15 is 0 Å². The van der Waals surface area contributed by atoms with Crippen molar-refractivity contribution in [1.29, 1.82) is 0 Å². The van der Waals surface area contributed by atoms with Crippen LogP contribution >= 0.6 is 0 Å². The Hall–Kier alpha value is -3.42. The summed E-state index contributed by atoms with van der Waals surface area (Å²) in [6.07, 6.45) is 1.52. The topological polar surface area (TPSA) is 71.6 Å². The van der Waals surface area contributed by atoms with Crippen molar-refractivity contribution in [3.05, 3.63) is 71.0 Å². The van der Waals surface area contributed by atoms with Gasteiger partial charge in [-0.05, 0) is 37.3 Å². The summed E-state index contributed by atoms with van der Waals surface area (Å²) in [6, 6.07) is 12.3. The number of para-hydroxylation sites is 1. The van der Waals surface area contributed by atoms with E-state index in [0.717, 1.165) is 0 Å². The summed E-state index contributed by atoms with van der Waals surface area (Å²) in [6.45, 7) is 3.60. The maximum atomic E-state index is 14.0. The van der Waals surface area contributed by atoms with Gasteiger partial charge in [-0.15, -0.1) is 0 Å². The number of hydrogen-bond acceptors (Lipinski definition) is 5. The molecule has 0 saturated carbocycles. The zero-order valence-corrected chi connectivity index (χ0v) is 16.0. The first-order chi connectivity index (χ1) is 14.0. The lowest BCUT2D eigenvalue weighted by molar-refractivity contribution is -0.135. The molecule has 1 amide bonds. The quantitative estimate of drug-likeness (QED) is 0.678. The van der Waals surface area contributed by atoms with Crippen molar-refractivity contribution in [1.82, 2.24) is 14.7 Å². The predicted octanol–water partition coefficient (Wildman–Crippen LogP) is 2.55. The molecule has 7 nitrogen and oxygen atoms in total. The third-order valence-electron chi connectivity index (χ3n) is 5.11. The van der Waals surface area contributed by atoms with Crippen molar-refractivity contribution in [2.45, 2.75) is 13.0 Å². The third-order valence-corrected chi connectivity index (χ3v) is 5.11. The molecule has 1 saturated heterocycles. The van der Waals surface area contributed by atoms with Crippen LogP contribution in [-0.4, -0.2) is 46.8 Å². The molecule has 3 heterocycles. The van der Waals surface area contributed by atoms with Gasteiger partial charge in [0.25, 0.3) is 5.56 Å². The first-order valence-electron chi connectivity index (χ1n) is 9.46. The zero-order chi connectivity index (χ0) is 20.4. The van der Waals surface area contributed by atoms with E-state index < -0.39 is 6.04 Å². The summed E-state index contributed by atoms with van der Waals surface area (Å²) in [5.74, 6) is 0.0624. The number of carbonyl (C=O) groups is 1. The molecule has 150 valence electrons. The van der Waals surface area contributed by atoms with Crippen molar-refractivity contribution < 1.29 is 13.6 Å². The molecule has 29 heavy (non-hydrogen) atoms. The lowest BCUT2D eigenvalue weighted by atomic mass is 10.2. The van der Waals surface area contributed by atoms with Crippen LogP contribution in [0.5, 0.6) is 0 Å². The number of furan rings is 1. The summed E-state index contributed by atoms with van der Waals surface area (Å²) >= 11 is 0. The normalized spacial score (nSPS) is 15.4. The van der Waals surface area contributed by atoms with Crippen LogP contribution in [0, 0.1) is 5.82 Å². The summed E-state index contributed by atoms with van der Waals surface area (Å²) in [4.78, 5) is 28.9. The second kappa shape index (κ2) is 7.90. The second-order valence-electron chi connectivity index (χ2n) is 6.92. The van der Waals surface area contributed by atoms with Crippen molar-refractivity contribution in [3.8, 4) is 11.5 Å². The van der Waals surface area contributed by atoms with Crippen molar-refractivity contribution in [2.24, 2.45) is 0 Å². The van der Waals surface area contributed by atoms with Gasteiger partial charge in [0.2, 0.25) is 5.91 Å². The molecule has 0 radical (unpaired) electrons. The van der Waals surface area contributed by atoms with Gasteiger partial charge >= 0.3 is 0 Å². The predicted molar refractivity (Wildman–Crippen MR) is 106 cm³/mol. The average molecular weight is 396 g/mol. The van der Waals surface area contributed by atoms with Crippen LogP contribution in [0.1, 0.15) is 13.0 Å². The second-order valence-corrected chi connectivity index (χ2v) is 6.92. The Bertz CT molecular complexity index is 1060. The standard InChI is InChI=1S/C21H21FN4O3/c1-15(26-20(27)9-8-17(23-26)19-7-4-14-29-19)21(28)25-12-10-24(11-13-25)18-6-3-2-5-16(18)22/h2-9,14-15H,10-13H2,1H3. The minimum absolute atomic E-state index is 0.190. The molecule has 1 unspecified atom stereocenters. The number of aromatic nitrogens is 2. The highest BCUT2D eigenvalue weighted by atomic mass is 19.1. The fourth-order valence-electron chi connectivity index (χ4n) is 3.50. The number of hydrogen-bond donors (Lipinski definition) is 0. The van der Waals surface area contributed by atoms with Crippen LogP contribution in [0.3, 0.4) is 0 Å². The van der Waals surface area contributed by atoms with E-state index in [9.17, 15) is 14.0 Å². The molecule has 0 bridgehead atoms. The molecule has 0 aliphatic carbocycles. The Morgan fingerprint density at radius 2 is 1.83 bits per heavy atom. The van der Waals surface area contributed by atoms with E-state index in [1.807, 2.05) is 4.90 Å². The van der Waals surface area contributed by atoms with Crippen LogP contribution in [0.4, 0.5) is 10.1 Å². The van der Waals surface area contributed by atoms with Gasteiger partial charge < -0.3 is 14.2 Å². The minimum atomic E-state index is -0.752. The summed E-state index contributed by atoms with van der Waals surface area (Å²) < 4.78 is 20.5. The van der Waals surface area contributed by atoms with Gasteiger partial charge in [-0.3, -0.25) is 9.59 Å². The smallest absolute Gasteiger partial charge is 0.267 e. The fourth-order valence-corrected chi connectivity index (χ4v) is 3.50. The fraction of sp³-hybridized carbons (Fsp3) is 0.286. The molecule has 3 aromatic rings. The Kier molecular flexibility index (Phi) is 5.16. The van der Waals surface area contributed by atoms with E-state index in [0.29, 0.717) is 43.3 Å². The van der Waals surface area contributed by atoms with Crippen LogP contribution in [0.15, 0.2) is 64.0 Å². The number of rotatable bonds is 4. The Morgan fingerprint density at radius 3 is 2.52 bits per heavy atom. The van der Waals surface area contributed by atoms with Crippen molar-refractivity contribution in [3.63, 3.8) is 0 Å². The van der Waals surface area contributed by atoms with Gasteiger partial charge in [-0.25, -0.2) is 9.07 Å². The highest BCUT2D eigenvalue weighted by Gasteiger charge is 2.28. The van der Waals surface area contributed by atoms with Gasteiger partial charge in [-0.1, -0.05) is 12.1 Å². The Morgan fingerprint density at radius 1 is 1.07 bits per heavy atom. The first-order valence-corrected chi connectivity index (χ1v) is 9.46. The number of nitrogens with zero attached hydrogens (tertiary/aromatic N) is 4. The maximum Gasteiger partial charge on any atom is 0.267 e. The van der Waals surface area contributed by atoms with E-state index in [-0.39, 0.29) is 17.3 Å². The largest absolute Gasteiger partial charge is 0.463 e. The van der Waals surface area contributed by atoms with E-state index in [2.05, 4.69) is 5.10 Å². The molecule has 4 rings (SSSR count). The number of halogens is 1. The number of piperazine rings is 1. The first kappa shape index (κ1) is 18.9. The maximum absolute atomic E-state index is 14.0. The third kappa shape index (κ3) is 3.78. The molecule has 1 aliphatic rings. The van der Waals surface area contributed by atoms with Crippen molar-refractivity contribution in [2.75, 3.05) is 31.1 Å². The van der Waals surface area contributed by atoms with Gasteiger partial charge in [-0.2, -0.15) is 5.10 Å². The average Bonchev–Trinajstić information content (AvgIpc) is 3.28. The molecule has 1 atom stereocenters. The lowest BCUT2D eigenvalue weighted by Gasteiger charge is -2.37. The highest BCUT2D eigenvalue weighted by Crippen LogP contribution is 2.21. The SMILES string of the molecule is CC(C(=O)N1CCN(c2ccccc2F)CC1)n1nc(-c2ccco2)ccc1=O. The molecule has 2 aromatic heterocycles. The molecule has 1 aliphatic heterocycles.